The Morgan fingerprint density at radius 3 is 2.38 bits per heavy atom. The largest absolute Gasteiger partial charge is 0.468 e. The first-order valence-corrected chi connectivity index (χ1v) is 5.49. The van der Waals surface area contributed by atoms with E-state index in [0.29, 0.717) is 32.4 Å². The molecule has 0 aromatic carbocycles. The minimum atomic E-state index is -0.217. The normalized spacial score (nSPS) is 11.1. The molecule has 0 heterocycles. The Bertz CT molecular complexity index is 185. The van der Waals surface area contributed by atoms with Crippen LogP contribution in [0.2, 0.25) is 0 Å². The molecular weight excluding hydrogens is 210 g/mol. The van der Waals surface area contributed by atoms with Crippen molar-refractivity contribution >= 4 is 5.97 Å². The first kappa shape index (κ1) is 15.3. The van der Waals surface area contributed by atoms with Gasteiger partial charge in [0.1, 0.15) is 0 Å². The SMILES string of the molecule is COCCOCCN(CC(=O)OC)C(C)C. The topological polar surface area (TPSA) is 48.0 Å². The van der Waals surface area contributed by atoms with Gasteiger partial charge in [-0.15, -0.1) is 0 Å². The quantitative estimate of drug-likeness (QED) is 0.429. The van der Waals surface area contributed by atoms with Crippen molar-refractivity contribution < 1.29 is 19.0 Å². The molecule has 0 atom stereocenters. The highest BCUT2D eigenvalue weighted by Gasteiger charge is 2.13. The molecule has 0 aromatic heterocycles. The number of methoxy groups -OCH3 is 2. The third-order valence-corrected chi connectivity index (χ3v) is 2.24. The molecule has 96 valence electrons. The third-order valence-electron chi connectivity index (χ3n) is 2.24. The summed E-state index contributed by atoms with van der Waals surface area (Å²) in [6, 6.07) is 0.296. The van der Waals surface area contributed by atoms with E-state index in [1.54, 1.807) is 7.11 Å². The zero-order valence-electron chi connectivity index (χ0n) is 10.7. The maximum atomic E-state index is 11.1. The minimum Gasteiger partial charge on any atom is -0.468 e. The molecule has 0 N–H and O–H groups in total. The van der Waals surface area contributed by atoms with E-state index in [1.165, 1.54) is 7.11 Å². The van der Waals surface area contributed by atoms with E-state index in [2.05, 4.69) is 4.74 Å². The highest BCUT2D eigenvalue weighted by atomic mass is 16.5. The van der Waals surface area contributed by atoms with Crippen LogP contribution in [0.4, 0.5) is 0 Å². The van der Waals surface area contributed by atoms with Crippen molar-refractivity contribution in [2.75, 3.05) is 47.1 Å². The van der Waals surface area contributed by atoms with Crippen molar-refractivity contribution in [3.05, 3.63) is 0 Å². The second kappa shape index (κ2) is 9.57. The van der Waals surface area contributed by atoms with Crippen LogP contribution >= 0.6 is 0 Å². The van der Waals surface area contributed by atoms with Gasteiger partial charge in [0.05, 0.1) is 33.5 Å². The van der Waals surface area contributed by atoms with Crippen molar-refractivity contribution in [1.29, 1.82) is 0 Å². The van der Waals surface area contributed by atoms with Crippen LogP contribution < -0.4 is 0 Å². The molecule has 16 heavy (non-hydrogen) atoms. The highest BCUT2D eigenvalue weighted by Crippen LogP contribution is 1.98. The minimum absolute atomic E-state index is 0.217. The first-order chi connectivity index (χ1) is 7.61. The molecule has 0 aliphatic carbocycles. The lowest BCUT2D eigenvalue weighted by molar-refractivity contribution is -0.142. The summed E-state index contributed by atoms with van der Waals surface area (Å²) in [5.74, 6) is -0.217. The van der Waals surface area contributed by atoms with Gasteiger partial charge in [-0.3, -0.25) is 9.69 Å². The van der Waals surface area contributed by atoms with Gasteiger partial charge in [0.15, 0.2) is 0 Å². The molecule has 0 fully saturated rings. The van der Waals surface area contributed by atoms with E-state index in [1.807, 2.05) is 18.7 Å². The Hall–Kier alpha value is -0.650. The summed E-state index contributed by atoms with van der Waals surface area (Å²) in [4.78, 5) is 13.1. The zero-order valence-corrected chi connectivity index (χ0v) is 10.7. The summed E-state index contributed by atoms with van der Waals surface area (Å²) in [7, 11) is 3.04. The molecule has 0 saturated carbocycles. The smallest absolute Gasteiger partial charge is 0.319 e. The monoisotopic (exact) mass is 233 g/mol. The van der Waals surface area contributed by atoms with Gasteiger partial charge in [0, 0.05) is 19.7 Å². The van der Waals surface area contributed by atoms with E-state index in [9.17, 15) is 4.79 Å². The number of ether oxygens (including phenoxy) is 3. The average molecular weight is 233 g/mol. The molecule has 0 unspecified atom stereocenters. The second-order valence-electron chi connectivity index (χ2n) is 3.75. The van der Waals surface area contributed by atoms with Crippen LogP contribution in [0, 0.1) is 0 Å². The predicted octanol–water partition coefficient (Wildman–Crippen LogP) is 0.533. The Morgan fingerprint density at radius 1 is 1.19 bits per heavy atom. The molecule has 0 aliphatic rings. The van der Waals surface area contributed by atoms with E-state index >= 15 is 0 Å². The lowest BCUT2D eigenvalue weighted by Gasteiger charge is -2.24. The molecule has 5 nitrogen and oxygen atoms in total. The standard InChI is InChI=1S/C11H23NO4/c1-10(2)12(9-11(13)15-4)5-6-16-8-7-14-3/h10H,5-9H2,1-4H3. The van der Waals surface area contributed by atoms with Gasteiger partial charge in [0.2, 0.25) is 0 Å². The van der Waals surface area contributed by atoms with E-state index in [4.69, 9.17) is 9.47 Å². The number of hydrogen-bond acceptors (Lipinski definition) is 5. The predicted molar refractivity (Wildman–Crippen MR) is 61.4 cm³/mol. The van der Waals surface area contributed by atoms with Crippen molar-refractivity contribution in [2.45, 2.75) is 19.9 Å². The maximum Gasteiger partial charge on any atom is 0.319 e. The fourth-order valence-electron chi connectivity index (χ4n) is 1.18. The van der Waals surface area contributed by atoms with Gasteiger partial charge in [0.25, 0.3) is 0 Å². The van der Waals surface area contributed by atoms with Crippen LogP contribution in [0.3, 0.4) is 0 Å². The van der Waals surface area contributed by atoms with Gasteiger partial charge < -0.3 is 14.2 Å². The van der Waals surface area contributed by atoms with Crippen LogP contribution in [0.1, 0.15) is 13.8 Å². The Morgan fingerprint density at radius 2 is 1.88 bits per heavy atom. The summed E-state index contributed by atoms with van der Waals surface area (Å²) < 4.78 is 14.9. The summed E-state index contributed by atoms with van der Waals surface area (Å²) in [6.45, 7) is 6.88. The average Bonchev–Trinajstić information content (AvgIpc) is 2.26. The number of carbonyl (C=O) groups excluding carboxylic acids is 1. The van der Waals surface area contributed by atoms with Gasteiger partial charge in [-0.25, -0.2) is 0 Å². The van der Waals surface area contributed by atoms with E-state index in [-0.39, 0.29) is 5.97 Å². The molecule has 0 aliphatic heterocycles. The number of carbonyl (C=O) groups is 1. The zero-order chi connectivity index (χ0) is 12.4. The summed E-state index contributed by atoms with van der Waals surface area (Å²) in [5, 5.41) is 0. The summed E-state index contributed by atoms with van der Waals surface area (Å²) in [5.41, 5.74) is 0. The number of hydrogen-bond donors (Lipinski definition) is 0. The van der Waals surface area contributed by atoms with Crippen LogP contribution in [0.15, 0.2) is 0 Å². The van der Waals surface area contributed by atoms with Crippen LogP contribution in [-0.2, 0) is 19.0 Å². The third kappa shape index (κ3) is 7.62. The van der Waals surface area contributed by atoms with E-state index in [0.717, 1.165) is 6.54 Å². The molecule has 0 radical (unpaired) electrons. The molecule has 0 aromatic rings. The van der Waals surface area contributed by atoms with Crippen LogP contribution in [0.5, 0.6) is 0 Å². The molecule has 0 saturated heterocycles. The number of esters is 1. The molecule has 0 rings (SSSR count). The van der Waals surface area contributed by atoms with Crippen molar-refractivity contribution in [2.24, 2.45) is 0 Å². The summed E-state index contributed by atoms with van der Waals surface area (Å²) >= 11 is 0. The Labute approximate surface area is 97.7 Å². The summed E-state index contributed by atoms with van der Waals surface area (Å²) in [6.07, 6.45) is 0. The fourth-order valence-corrected chi connectivity index (χ4v) is 1.18. The highest BCUT2D eigenvalue weighted by molar-refractivity contribution is 5.71. The van der Waals surface area contributed by atoms with Crippen molar-refractivity contribution in [3.63, 3.8) is 0 Å². The van der Waals surface area contributed by atoms with Crippen LogP contribution in [-0.4, -0.2) is 64.0 Å². The Kier molecular flexibility index (Phi) is 9.18. The van der Waals surface area contributed by atoms with Crippen LogP contribution in [0.25, 0.3) is 0 Å². The van der Waals surface area contributed by atoms with Crippen molar-refractivity contribution in [1.82, 2.24) is 4.90 Å². The van der Waals surface area contributed by atoms with E-state index < -0.39 is 0 Å². The molecule has 0 spiro atoms. The lowest BCUT2D eigenvalue weighted by Crippen LogP contribution is -2.38. The molecule has 0 bridgehead atoms. The van der Waals surface area contributed by atoms with Crippen molar-refractivity contribution in [3.8, 4) is 0 Å². The molecule has 0 amide bonds. The number of nitrogens with zero attached hydrogens (tertiary/aromatic N) is 1. The second-order valence-corrected chi connectivity index (χ2v) is 3.75. The van der Waals surface area contributed by atoms with Gasteiger partial charge in [-0.2, -0.15) is 0 Å². The van der Waals surface area contributed by atoms with Gasteiger partial charge in [-0.05, 0) is 13.8 Å². The maximum absolute atomic E-state index is 11.1. The van der Waals surface area contributed by atoms with Gasteiger partial charge >= 0.3 is 5.97 Å². The van der Waals surface area contributed by atoms with Gasteiger partial charge in [-0.1, -0.05) is 0 Å². The first-order valence-electron chi connectivity index (χ1n) is 5.49. The Balaban J connectivity index is 3.73. The molecule has 5 heteroatoms. The lowest BCUT2D eigenvalue weighted by atomic mass is 10.3. The fraction of sp³-hybridized carbons (Fsp3) is 0.909. The molecular formula is C11H23NO4. The number of rotatable bonds is 9.